The lowest BCUT2D eigenvalue weighted by molar-refractivity contribution is 0.337. The standard InChI is InChI=1S/C15H25NO/c1-15(2,3)10-9-14(16-4)12-7-6-8-13(11-12)17-5/h6-8,11,14,16H,9-10H2,1-5H3. The number of methoxy groups -OCH3 is 1. The Morgan fingerprint density at radius 3 is 2.53 bits per heavy atom. The molecule has 1 atom stereocenters. The van der Waals surface area contributed by atoms with Crippen LogP contribution in [-0.4, -0.2) is 14.2 Å². The molecule has 0 amide bonds. The van der Waals surface area contributed by atoms with Crippen LogP contribution in [0.3, 0.4) is 0 Å². The van der Waals surface area contributed by atoms with Crippen molar-refractivity contribution in [2.75, 3.05) is 14.2 Å². The molecule has 0 saturated carbocycles. The Morgan fingerprint density at radius 2 is 2.00 bits per heavy atom. The lowest BCUT2D eigenvalue weighted by Crippen LogP contribution is -2.19. The molecule has 17 heavy (non-hydrogen) atoms. The first kappa shape index (κ1) is 14.0. The van der Waals surface area contributed by atoms with Gasteiger partial charge in [0.2, 0.25) is 0 Å². The van der Waals surface area contributed by atoms with Crippen molar-refractivity contribution in [1.82, 2.24) is 5.32 Å². The van der Waals surface area contributed by atoms with E-state index in [4.69, 9.17) is 4.74 Å². The van der Waals surface area contributed by atoms with Gasteiger partial charge in [-0.05, 0) is 43.0 Å². The van der Waals surface area contributed by atoms with Crippen LogP contribution in [0.1, 0.15) is 45.2 Å². The third-order valence-corrected chi connectivity index (χ3v) is 3.03. The van der Waals surface area contributed by atoms with Crippen molar-refractivity contribution in [1.29, 1.82) is 0 Å². The minimum atomic E-state index is 0.383. The van der Waals surface area contributed by atoms with Crippen LogP contribution >= 0.6 is 0 Å². The molecule has 96 valence electrons. The van der Waals surface area contributed by atoms with E-state index in [9.17, 15) is 0 Å². The molecule has 0 fully saturated rings. The smallest absolute Gasteiger partial charge is 0.119 e. The van der Waals surface area contributed by atoms with Crippen molar-refractivity contribution in [2.24, 2.45) is 5.41 Å². The Bertz CT molecular complexity index is 341. The fourth-order valence-electron chi connectivity index (χ4n) is 1.91. The van der Waals surface area contributed by atoms with Gasteiger partial charge in [0.1, 0.15) is 5.75 Å². The quantitative estimate of drug-likeness (QED) is 0.838. The largest absolute Gasteiger partial charge is 0.497 e. The molecule has 1 rings (SSSR count). The molecule has 1 aromatic carbocycles. The van der Waals surface area contributed by atoms with Crippen LogP contribution in [0.25, 0.3) is 0 Å². The summed E-state index contributed by atoms with van der Waals surface area (Å²) in [6.07, 6.45) is 2.35. The third-order valence-electron chi connectivity index (χ3n) is 3.03. The monoisotopic (exact) mass is 235 g/mol. The van der Waals surface area contributed by atoms with E-state index in [2.05, 4.69) is 44.3 Å². The number of hydrogen-bond donors (Lipinski definition) is 1. The van der Waals surface area contributed by atoms with Crippen LogP contribution in [0.15, 0.2) is 24.3 Å². The van der Waals surface area contributed by atoms with Gasteiger partial charge in [-0.3, -0.25) is 0 Å². The second-order valence-corrected chi connectivity index (χ2v) is 5.72. The summed E-state index contributed by atoms with van der Waals surface area (Å²) >= 11 is 0. The zero-order chi connectivity index (χ0) is 12.9. The van der Waals surface area contributed by atoms with Gasteiger partial charge >= 0.3 is 0 Å². The van der Waals surface area contributed by atoms with Crippen molar-refractivity contribution in [2.45, 2.75) is 39.7 Å². The average Bonchev–Trinajstić information content (AvgIpc) is 2.29. The highest BCUT2D eigenvalue weighted by molar-refractivity contribution is 5.30. The Kier molecular flexibility index (Phi) is 5.01. The summed E-state index contributed by atoms with van der Waals surface area (Å²) in [6, 6.07) is 8.72. The Hall–Kier alpha value is -1.02. The summed E-state index contributed by atoms with van der Waals surface area (Å²) in [6.45, 7) is 6.85. The van der Waals surface area contributed by atoms with Crippen molar-refractivity contribution in [3.63, 3.8) is 0 Å². The second kappa shape index (κ2) is 6.06. The average molecular weight is 235 g/mol. The van der Waals surface area contributed by atoms with Gasteiger partial charge in [-0.15, -0.1) is 0 Å². The van der Waals surface area contributed by atoms with E-state index in [1.54, 1.807) is 7.11 Å². The van der Waals surface area contributed by atoms with Crippen molar-refractivity contribution in [3.8, 4) is 5.75 Å². The van der Waals surface area contributed by atoms with Crippen LogP contribution in [0, 0.1) is 5.41 Å². The van der Waals surface area contributed by atoms with Crippen LogP contribution < -0.4 is 10.1 Å². The van der Waals surface area contributed by atoms with Gasteiger partial charge in [0.05, 0.1) is 7.11 Å². The molecular weight excluding hydrogens is 210 g/mol. The van der Waals surface area contributed by atoms with Gasteiger partial charge in [0.25, 0.3) is 0 Å². The lowest BCUT2D eigenvalue weighted by Gasteiger charge is -2.23. The highest BCUT2D eigenvalue weighted by Crippen LogP contribution is 2.28. The molecule has 0 heterocycles. The maximum Gasteiger partial charge on any atom is 0.119 e. The van der Waals surface area contributed by atoms with E-state index in [0.717, 1.165) is 12.2 Å². The summed E-state index contributed by atoms with van der Waals surface area (Å²) < 4.78 is 5.27. The summed E-state index contributed by atoms with van der Waals surface area (Å²) in [4.78, 5) is 0. The van der Waals surface area contributed by atoms with Crippen LogP contribution in [0.2, 0.25) is 0 Å². The Labute approximate surface area is 105 Å². The second-order valence-electron chi connectivity index (χ2n) is 5.72. The molecular formula is C15H25NO. The van der Waals surface area contributed by atoms with E-state index < -0.39 is 0 Å². The van der Waals surface area contributed by atoms with E-state index in [0.29, 0.717) is 11.5 Å². The molecule has 0 aromatic heterocycles. The van der Waals surface area contributed by atoms with Crippen LogP contribution in [0.4, 0.5) is 0 Å². The third kappa shape index (κ3) is 4.78. The van der Waals surface area contributed by atoms with Crippen molar-refractivity contribution < 1.29 is 4.74 Å². The molecule has 0 spiro atoms. The predicted molar refractivity (Wildman–Crippen MR) is 73.5 cm³/mol. The summed E-state index contributed by atoms with van der Waals surface area (Å²) in [5.74, 6) is 0.929. The van der Waals surface area contributed by atoms with E-state index in [1.165, 1.54) is 12.0 Å². The SMILES string of the molecule is CNC(CCC(C)(C)C)c1cccc(OC)c1. The minimum absolute atomic E-state index is 0.383. The maximum atomic E-state index is 5.27. The topological polar surface area (TPSA) is 21.3 Å². The zero-order valence-electron chi connectivity index (χ0n) is 11.7. The van der Waals surface area contributed by atoms with Gasteiger partial charge in [-0.25, -0.2) is 0 Å². The van der Waals surface area contributed by atoms with Gasteiger partial charge < -0.3 is 10.1 Å². The number of ether oxygens (including phenoxy) is 1. The molecule has 0 bridgehead atoms. The van der Waals surface area contributed by atoms with Gasteiger partial charge in [0.15, 0.2) is 0 Å². The van der Waals surface area contributed by atoms with Crippen LogP contribution in [-0.2, 0) is 0 Å². The van der Waals surface area contributed by atoms with Crippen molar-refractivity contribution in [3.05, 3.63) is 29.8 Å². The summed E-state index contributed by atoms with van der Waals surface area (Å²) in [5, 5.41) is 3.39. The fourth-order valence-corrected chi connectivity index (χ4v) is 1.91. The number of nitrogens with one attached hydrogen (secondary N) is 1. The first-order valence-corrected chi connectivity index (χ1v) is 6.27. The fraction of sp³-hybridized carbons (Fsp3) is 0.600. The molecule has 1 unspecified atom stereocenters. The number of rotatable bonds is 5. The molecule has 1 aromatic rings. The molecule has 1 N–H and O–H groups in total. The molecule has 0 aliphatic heterocycles. The van der Waals surface area contributed by atoms with Gasteiger partial charge in [-0.2, -0.15) is 0 Å². The zero-order valence-corrected chi connectivity index (χ0v) is 11.7. The lowest BCUT2D eigenvalue weighted by atomic mass is 9.87. The highest BCUT2D eigenvalue weighted by atomic mass is 16.5. The number of benzene rings is 1. The molecule has 2 nitrogen and oxygen atoms in total. The Balaban J connectivity index is 2.72. The van der Waals surface area contributed by atoms with Gasteiger partial charge in [0, 0.05) is 6.04 Å². The summed E-state index contributed by atoms with van der Waals surface area (Å²) in [7, 11) is 3.73. The van der Waals surface area contributed by atoms with Crippen LogP contribution in [0.5, 0.6) is 5.75 Å². The molecule has 0 aliphatic rings. The van der Waals surface area contributed by atoms with Gasteiger partial charge in [-0.1, -0.05) is 32.9 Å². The molecule has 2 heteroatoms. The first-order valence-electron chi connectivity index (χ1n) is 6.27. The number of hydrogen-bond acceptors (Lipinski definition) is 2. The van der Waals surface area contributed by atoms with E-state index >= 15 is 0 Å². The normalized spacial score (nSPS) is 13.5. The molecule has 0 radical (unpaired) electrons. The summed E-state index contributed by atoms with van der Waals surface area (Å²) in [5.41, 5.74) is 1.68. The first-order chi connectivity index (χ1) is 7.96. The predicted octanol–water partition coefficient (Wildman–Crippen LogP) is 3.78. The maximum absolute atomic E-state index is 5.27. The van der Waals surface area contributed by atoms with E-state index in [-0.39, 0.29) is 0 Å². The van der Waals surface area contributed by atoms with E-state index in [1.807, 2.05) is 13.1 Å². The molecule has 0 saturated heterocycles. The Morgan fingerprint density at radius 1 is 1.29 bits per heavy atom. The van der Waals surface area contributed by atoms with Crippen molar-refractivity contribution >= 4 is 0 Å². The minimum Gasteiger partial charge on any atom is -0.497 e. The molecule has 0 aliphatic carbocycles. The highest BCUT2D eigenvalue weighted by Gasteiger charge is 2.15.